The first-order valence-electron chi connectivity index (χ1n) is 10.3. The molecule has 0 fully saturated rings. The Balaban J connectivity index is 1.86. The molecule has 0 radical (unpaired) electrons. The molecular weight excluding hydrogens is 475 g/mol. The van der Waals surface area contributed by atoms with Crippen molar-refractivity contribution in [3.8, 4) is 5.75 Å². The number of benzene rings is 3. The summed E-state index contributed by atoms with van der Waals surface area (Å²) in [5, 5.41) is 6.29. The van der Waals surface area contributed by atoms with Gasteiger partial charge in [-0.1, -0.05) is 18.2 Å². The van der Waals surface area contributed by atoms with Crippen LogP contribution in [0.3, 0.4) is 0 Å². The second-order valence-electron chi connectivity index (χ2n) is 7.23. The summed E-state index contributed by atoms with van der Waals surface area (Å²) >= 11 is 0. The van der Waals surface area contributed by atoms with Crippen molar-refractivity contribution in [2.45, 2.75) is 11.8 Å². The van der Waals surface area contributed by atoms with E-state index in [2.05, 4.69) is 15.8 Å². The highest BCUT2D eigenvalue weighted by atomic mass is 32.2. The van der Waals surface area contributed by atoms with Gasteiger partial charge in [-0.15, -0.1) is 0 Å². The summed E-state index contributed by atoms with van der Waals surface area (Å²) < 4.78 is 46.6. The molecule has 0 aliphatic carbocycles. The Bertz CT molecular complexity index is 1330. The van der Waals surface area contributed by atoms with E-state index in [0.717, 1.165) is 10.5 Å². The predicted molar refractivity (Wildman–Crippen MR) is 130 cm³/mol. The van der Waals surface area contributed by atoms with E-state index in [1.54, 1.807) is 18.2 Å². The number of rotatable bonds is 9. The van der Waals surface area contributed by atoms with Crippen LogP contribution in [0.4, 0.5) is 15.8 Å². The summed E-state index contributed by atoms with van der Waals surface area (Å²) in [7, 11) is -2.72. The molecule has 0 bridgehead atoms. The summed E-state index contributed by atoms with van der Waals surface area (Å²) in [5.41, 5.74) is 3.02. The standard InChI is InChI=1S/C24H23FN4O5S/c1-17(30)27-19-7-13-22(14-8-19)35(32,33)29(20-9-11-21(34-2)12-10-20)16-24(31)28-26-15-18-5-3-4-6-23(18)25/h3-15H,16H2,1-2H3,(H,27,30)(H,28,31)/b26-15-. The summed E-state index contributed by atoms with van der Waals surface area (Å²) in [4.78, 5) is 23.7. The van der Waals surface area contributed by atoms with E-state index in [1.807, 2.05) is 0 Å². The van der Waals surface area contributed by atoms with Crippen molar-refractivity contribution < 1.29 is 27.1 Å². The molecule has 35 heavy (non-hydrogen) atoms. The lowest BCUT2D eigenvalue weighted by Gasteiger charge is -2.24. The topological polar surface area (TPSA) is 117 Å². The molecule has 0 saturated carbocycles. The molecule has 2 N–H and O–H groups in total. The fourth-order valence-electron chi connectivity index (χ4n) is 3.02. The summed E-state index contributed by atoms with van der Waals surface area (Å²) in [6.07, 6.45) is 1.13. The first kappa shape index (κ1) is 25.4. The maximum atomic E-state index is 13.7. The number of hydrogen-bond acceptors (Lipinski definition) is 6. The lowest BCUT2D eigenvalue weighted by Crippen LogP contribution is -2.39. The molecule has 2 amide bonds. The Morgan fingerprint density at radius 3 is 2.29 bits per heavy atom. The molecule has 0 aliphatic heterocycles. The molecule has 3 aromatic rings. The Morgan fingerprint density at radius 1 is 1.03 bits per heavy atom. The van der Waals surface area contributed by atoms with Crippen LogP contribution in [0.2, 0.25) is 0 Å². The molecule has 0 unspecified atom stereocenters. The van der Waals surface area contributed by atoms with Gasteiger partial charge in [-0.3, -0.25) is 13.9 Å². The van der Waals surface area contributed by atoms with Crippen molar-refractivity contribution in [3.05, 3.63) is 84.2 Å². The van der Waals surface area contributed by atoms with E-state index in [9.17, 15) is 22.4 Å². The number of sulfonamides is 1. The third-order valence-electron chi connectivity index (χ3n) is 4.71. The summed E-state index contributed by atoms with van der Waals surface area (Å²) in [6.45, 7) is 0.736. The van der Waals surface area contributed by atoms with Crippen molar-refractivity contribution in [2.75, 3.05) is 23.3 Å². The van der Waals surface area contributed by atoms with Crippen LogP contribution >= 0.6 is 0 Å². The molecule has 0 spiro atoms. The zero-order valence-corrected chi connectivity index (χ0v) is 19.8. The van der Waals surface area contributed by atoms with E-state index in [1.165, 1.54) is 68.6 Å². The Morgan fingerprint density at radius 2 is 1.69 bits per heavy atom. The largest absolute Gasteiger partial charge is 0.497 e. The highest BCUT2D eigenvalue weighted by molar-refractivity contribution is 7.92. The number of methoxy groups -OCH3 is 1. The number of anilines is 2. The van der Waals surface area contributed by atoms with Crippen LogP contribution < -0.4 is 19.8 Å². The second-order valence-corrected chi connectivity index (χ2v) is 9.09. The van der Waals surface area contributed by atoms with Crippen molar-refractivity contribution in [1.82, 2.24) is 5.43 Å². The van der Waals surface area contributed by atoms with E-state index in [-0.39, 0.29) is 22.1 Å². The van der Waals surface area contributed by atoms with Gasteiger partial charge in [-0.2, -0.15) is 5.10 Å². The molecule has 11 heteroatoms. The molecule has 0 aliphatic rings. The van der Waals surface area contributed by atoms with Crippen LogP contribution in [-0.2, 0) is 19.6 Å². The third-order valence-corrected chi connectivity index (χ3v) is 6.50. The molecule has 9 nitrogen and oxygen atoms in total. The van der Waals surface area contributed by atoms with Crippen LogP contribution in [0.25, 0.3) is 0 Å². The van der Waals surface area contributed by atoms with Gasteiger partial charge in [0.15, 0.2) is 0 Å². The number of carbonyl (C=O) groups excluding carboxylic acids is 2. The number of hydrazone groups is 1. The summed E-state index contributed by atoms with van der Waals surface area (Å²) in [5.74, 6) is -1.06. The van der Waals surface area contributed by atoms with Gasteiger partial charge in [0.25, 0.3) is 15.9 Å². The van der Waals surface area contributed by atoms with Crippen molar-refractivity contribution in [2.24, 2.45) is 5.10 Å². The third kappa shape index (κ3) is 6.64. The molecule has 182 valence electrons. The highest BCUT2D eigenvalue weighted by Crippen LogP contribution is 2.26. The maximum absolute atomic E-state index is 13.7. The average molecular weight is 499 g/mol. The zero-order chi connectivity index (χ0) is 25.4. The van der Waals surface area contributed by atoms with Gasteiger partial charge in [-0.05, 0) is 54.6 Å². The molecule has 0 saturated heterocycles. The Labute approximate surface area is 202 Å². The smallest absolute Gasteiger partial charge is 0.264 e. The molecule has 3 aromatic carbocycles. The van der Waals surface area contributed by atoms with E-state index < -0.39 is 28.3 Å². The van der Waals surface area contributed by atoms with Crippen LogP contribution in [0, 0.1) is 5.82 Å². The molecule has 0 heterocycles. The average Bonchev–Trinajstić information content (AvgIpc) is 2.84. The van der Waals surface area contributed by atoms with Gasteiger partial charge < -0.3 is 10.1 Å². The minimum absolute atomic E-state index is 0.0925. The second kappa shape index (κ2) is 11.3. The number of halogens is 1. The predicted octanol–water partition coefficient (Wildman–Crippen LogP) is 3.14. The van der Waals surface area contributed by atoms with E-state index in [4.69, 9.17) is 4.74 Å². The van der Waals surface area contributed by atoms with Crippen LogP contribution in [0.15, 0.2) is 82.8 Å². The number of ether oxygens (including phenoxy) is 1. The molecular formula is C24H23FN4O5S. The Hall–Kier alpha value is -4.25. The lowest BCUT2D eigenvalue weighted by atomic mass is 10.2. The minimum atomic E-state index is -4.19. The van der Waals surface area contributed by atoms with Crippen LogP contribution in [0.5, 0.6) is 5.75 Å². The first-order chi connectivity index (χ1) is 16.7. The number of carbonyl (C=O) groups is 2. The molecule has 3 rings (SSSR count). The highest BCUT2D eigenvalue weighted by Gasteiger charge is 2.27. The number of hydrogen-bond donors (Lipinski definition) is 2. The lowest BCUT2D eigenvalue weighted by molar-refractivity contribution is -0.119. The fourth-order valence-corrected chi connectivity index (χ4v) is 4.44. The monoisotopic (exact) mass is 498 g/mol. The van der Waals surface area contributed by atoms with E-state index >= 15 is 0 Å². The quantitative estimate of drug-likeness (QED) is 0.347. The van der Waals surface area contributed by atoms with Crippen LogP contribution in [-0.4, -0.2) is 40.1 Å². The zero-order valence-electron chi connectivity index (χ0n) is 18.9. The maximum Gasteiger partial charge on any atom is 0.264 e. The van der Waals surface area contributed by atoms with Gasteiger partial charge in [0, 0.05) is 18.2 Å². The first-order valence-corrected chi connectivity index (χ1v) is 11.8. The van der Waals surface area contributed by atoms with E-state index in [0.29, 0.717) is 11.4 Å². The SMILES string of the molecule is COc1ccc(N(CC(=O)N/N=C\c2ccccc2F)S(=O)(=O)c2ccc(NC(C)=O)cc2)cc1. The Kier molecular flexibility index (Phi) is 8.16. The summed E-state index contributed by atoms with van der Waals surface area (Å²) in [6, 6.07) is 17.5. The van der Waals surface area contributed by atoms with Crippen molar-refractivity contribution in [3.63, 3.8) is 0 Å². The number of amides is 2. The van der Waals surface area contributed by atoms with Gasteiger partial charge in [-0.25, -0.2) is 18.2 Å². The van der Waals surface area contributed by atoms with Crippen LogP contribution in [0.1, 0.15) is 12.5 Å². The van der Waals surface area contributed by atoms with Gasteiger partial charge >= 0.3 is 0 Å². The normalized spacial score (nSPS) is 11.2. The molecule has 0 aromatic heterocycles. The number of nitrogens with zero attached hydrogens (tertiary/aromatic N) is 2. The van der Waals surface area contributed by atoms with Gasteiger partial charge in [0.05, 0.1) is 23.9 Å². The molecule has 0 atom stereocenters. The fraction of sp³-hybridized carbons (Fsp3) is 0.125. The van der Waals surface area contributed by atoms with Crippen molar-refractivity contribution >= 4 is 39.4 Å². The minimum Gasteiger partial charge on any atom is -0.497 e. The van der Waals surface area contributed by atoms with Crippen molar-refractivity contribution in [1.29, 1.82) is 0 Å². The van der Waals surface area contributed by atoms with Gasteiger partial charge in [0.2, 0.25) is 5.91 Å². The van der Waals surface area contributed by atoms with Gasteiger partial charge in [0.1, 0.15) is 18.1 Å². The number of nitrogens with one attached hydrogen (secondary N) is 2.